The van der Waals surface area contributed by atoms with E-state index in [4.69, 9.17) is 10.5 Å². The van der Waals surface area contributed by atoms with Gasteiger partial charge in [-0.25, -0.2) is 4.98 Å². The Morgan fingerprint density at radius 1 is 1.20 bits per heavy atom. The minimum absolute atomic E-state index is 0.212. The van der Waals surface area contributed by atoms with Gasteiger partial charge in [0, 0.05) is 20.2 Å². The van der Waals surface area contributed by atoms with E-state index in [1.165, 1.54) is 12.7 Å². The maximum atomic E-state index is 11.8. The van der Waals surface area contributed by atoms with Crippen LogP contribution in [0.1, 0.15) is 11.1 Å². The van der Waals surface area contributed by atoms with Crippen LogP contribution in [0.25, 0.3) is 11.0 Å². The van der Waals surface area contributed by atoms with E-state index >= 15 is 0 Å². The lowest BCUT2D eigenvalue weighted by atomic mass is 10.1. The summed E-state index contributed by atoms with van der Waals surface area (Å²) < 4.78 is 7.00. The molecule has 1 heterocycles. The van der Waals surface area contributed by atoms with E-state index in [1.807, 2.05) is 36.7 Å². The van der Waals surface area contributed by atoms with Crippen LogP contribution in [0, 0.1) is 0 Å². The van der Waals surface area contributed by atoms with Crippen molar-refractivity contribution >= 4 is 16.9 Å². The van der Waals surface area contributed by atoms with Gasteiger partial charge in [-0.15, -0.1) is 0 Å². The monoisotopic (exact) mass is 338 g/mol. The molecule has 1 atom stereocenters. The number of nitrogens with two attached hydrogens (primary N) is 1. The highest BCUT2D eigenvalue weighted by Gasteiger charge is 2.12. The number of ether oxygens (including phenoxy) is 1. The molecule has 0 aliphatic heterocycles. The summed E-state index contributed by atoms with van der Waals surface area (Å²) in [6.45, 7) is 1.42. The molecule has 1 amide bonds. The van der Waals surface area contributed by atoms with Gasteiger partial charge < -0.3 is 20.4 Å². The molecule has 6 nitrogen and oxygen atoms in total. The minimum Gasteiger partial charge on any atom is -0.383 e. The molecule has 3 N–H and O–H groups in total. The normalized spacial score (nSPS) is 12.2. The molecule has 0 spiro atoms. The van der Waals surface area contributed by atoms with Crippen molar-refractivity contribution in [1.29, 1.82) is 0 Å². The van der Waals surface area contributed by atoms with E-state index in [9.17, 15) is 4.79 Å². The molecule has 0 saturated heterocycles. The number of rotatable bonds is 7. The maximum absolute atomic E-state index is 11.8. The molecule has 25 heavy (non-hydrogen) atoms. The van der Waals surface area contributed by atoms with Crippen LogP contribution in [0.3, 0.4) is 0 Å². The molecule has 0 aliphatic rings. The molecule has 1 aromatic heterocycles. The van der Waals surface area contributed by atoms with Crippen LogP contribution in [0.4, 0.5) is 0 Å². The molecule has 0 bridgehead atoms. The van der Waals surface area contributed by atoms with Gasteiger partial charge in [-0.3, -0.25) is 4.79 Å². The number of benzene rings is 2. The number of carbonyl (C=O) groups excluding carboxylic acids is 1. The van der Waals surface area contributed by atoms with Crippen LogP contribution < -0.4 is 11.1 Å². The van der Waals surface area contributed by atoms with E-state index in [1.54, 1.807) is 0 Å². The summed E-state index contributed by atoms with van der Waals surface area (Å²) in [6.07, 6.45) is 1.86. The standard InChI is InChI=1S/C19H22N4O2/c1-25-12-16(20)19(24)21-10-14-6-8-15(9-7-14)11-23-13-22-17-4-2-3-5-18(17)23/h2-9,13,16H,10-12,20H2,1H3,(H,21,24). The highest BCUT2D eigenvalue weighted by atomic mass is 16.5. The molecule has 130 valence electrons. The second-order valence-electron chi connectivity index (χ2n) is 5.96. The van der Waals surface area contributed by atoms with Gasteiger partial charge >= 0.3 is 0 Å². The molecule has 0 aliphatic carbocycles. The van der Waals surface area contributed by atoms with Crippen LogP contribution in [0.5, 0.6) is 0 Å². The van der Waals surface area contributed by atoms with Gasteiger partial charge in [0.05, 0.1) is 24.0 Å². The number of imidazole rings is 1. The van der Waals surface area contributed by atoms with Gasteiger partial charge in [0.15, 0.2) is 0 Å². The van der Waals surface area contributed by atoms with Crippen molar-refractivity contribution in [2.75, 3.05) is 13.7 Å². The summed E-state index contributed by atoms with van der Waals surface area (Å²) in [5, 5.41) is 2.81. The largest absolute Gasteiger partial charge is 0.383 e. The quantitative estimate of drug-likeness (QED) is 0.687. The molecule has 6 heteroatoms. The first-order chi connectivity index (χ1) is 12.2. The Hall–Kier alpha value is -2.70. The first kappa shape index (κ1) is 17.1. The summed E-state index contributed by atoms with van der Waals surface area (Å²) in [6, 6.07) is 15.6. The van der Waals surface area contributed by atoms with Gasteiger partial charge in [-0.05, 0) is 23.3 Å². The Morgan fingerprint density at radius 2 is 1.92 bits per heavy atom. The summed E-state index contributed by atoms with van der Waals surface area (Å²) >= 11 is 0. The lowest BCUT2D eigenvalue weighted by Gasteiger charge is -2.11. The molecule has 3 aromatic rings. The van der Waals surface area contributed by atoms with Crippen LogP contribution in [0.15, 0.2) is 54.9 Å². The molecule has 2 aromatic carbocycles. The van der Waals surface area contributed by atoms with Gasteiger partial charge in [0.25, 0.3) is 0 Å². The van der Waals surface area contributed by atoms with E-state index < -0.39 is 6.04 Å². The first-order valence-corrected chi connectivity index (χ1v) is 8.17. The number of methoxy groups -OCH3 is 1. The van der Waals surface area contributed by atoms with Crippen molar-refractivity contribution in [3.63, 3.8) is 0 Å². The Kier molecular flexibility index (Phi) is 5.42. The van der Waals surface area contributed by atoms with Crippen molar-refractivity contribution in [2.24, 2.45) is 5.73 Å². The lowest BCUT2D eigenvalue weighted by Crippen LogP contribution is -2.43. The number of nitrogens with one attached hydrogen (secondary N) is 1. The van der Waals surface area contributed by atoms with Gasteiger partial charge in [-0.2, -0.15) is 0 Å². The van der Waals surface area contributed by atoms with Crippen LogP contribution >= 0.6 is 0 Å². The number of hydrogen-bond acceptors (Lipinski definition) is 4. The smallest absolute Gasteiger partial charge is 0.239 e. The molecule has 0 fully saturated rings. The predicted molar refractivity (Wildman–Crippen MR) is 97.0 cm³/mol. The zero-order chi connectivity index (χ0) is 17.6. The van der Waals surface area contributed by atoms with Crippen molar-refractivity contribution in [1.82, 2.24) is 14.9 Å². The molecule has 0 saturated carbocycles. The average Bonchev–Trinajstić information content (AvgIpc) is 3.04. The molecular weight excluding hydrogens is 316 g/mol. The number of nitrogens with zero attached hydrogens (tertiary/aromatic N) is 2. The fraction of sp³-hybridized carbons (Fsp3) is 0.263. The first-order valence-electron chi connectivity index (χ1n) is 8.17. The highest BCUT2D eigenvalue weighted by molar-refractivity contribution is 5.81. The zero-order valence-electron chi connectivity index (χ0n) is 14.2. The van der Waals surface area contributed by atoms with Crippen molar-refractivity contribution in [2.45, 2.75) is 19.1 Å². The lowest BCUT2D eigenvalue weighted by molar-refractivity contribution is -0.123. The third-order valence-corrected chi connectivity index (χ3v) is 4.05. The molecular formula is C19H22N4O2. The summed E-state index contributed by atoms with van der Waals surface area (Å²) in [5.74, 6) is -0.212. The number of fused-ring (bicyclic) bond motifs is 1. The third kappa shape index (κ3) is 4.23. The fourth-order valence-electron chi connectivity index (χ4n) is 2.67. The van der Waals surface area contributed by atoms with E-state index in [0.29, 0.717) is 6.54 Å². The average molecular weight is 338 g/mol. The Bertz CT molecular complexity index is 842. The highest BCUT2D eigenvalue weighted by Crippen LogP contribution is 2.14. The van der Waals surface area contributed by atoms with Crippen LogP contribution in [-0.4, -0.2) is 35.2 Å². The van der Waals surface area contributed by atoms with E-state index in [2.05, 4.69) is 33.1 Å². The van der Waals surface area contributed by atoms with Crippen LogP contribution in [0.2, 0.25) is 0 Å². The number of hydrogen-bond donors (Lipinski definition) is 2. The molecule has 0 radical (unpaired) electrons. The topological polar surface area (TPSA) is 82.2 Å². The summed E-state index contributed by atoms with van der Waals surface area (Å²) in [7, 11) is 1.52. The van der Waals surface area contributed by atoms with Crippen LogP contribution in [-0.2, 0) is 22.6 Å². The van der Waals surface area contributed by atoms with Gasteiger partial charge in [0.1, 0.15) is 6.04 Å². The number of carbonyl (C=O) groups is 1. The zero-order valence-corrected chi connectivity index (χ0v) is 14.2. The van der Waals surface area contributed by atoms with Gasteiger partial charge in [-0.1, -0.05) is 36.4 Å². The molecule has 3 rings (SSSR count). The third-order valence-electron chi connectivity index (χ3n) is 4.05. The second-order valence-corrected chi connectivity index (χ2v) is 5.96. The van der Waals surface area contributed by atoms with Crippen molar-refractivity contribution in [3.8, 4) is 0 Å². The van der Waals surface area contributed by atoms with Gasteiger partial charge in [0.2, 0.25) is 5.91 Å². The summed E-state index contributed by atoms with van der Waals surface area (Å²) in [4.78, 5) is 16.2. The minimum atomic E-state index is -0.640. The SMILES string of the molecule is COCC(N)C(=O)NCc1ccc(Cn2cnc3ccccc32)cc1. The second kappa shape index (κ2) is 7.92. The summed E-state index contributed by atoms with van der Waals surface area (Å²) in [5.41, 5.74) is 10.0. The van der Waals surface area contributed by atoms with E-state index in [-0.39, 0.29) is 12.5 Å². The van der Waals surface area contributed by atoms with Crippen molar-refractivity contribution < 1.29 is 9.53 Å². The fourth-order valence-corrected chi connectivity index (χ4v) is 2.67. The Morgan fingerprint density at radius 3 is 2.68 bits per heavy atom. The predicted octanol–water partition coefficient (Wildman–Crippen LogP) is 1.67. The molecule has 1 unspecified atom stereocenters. The van der Waals surface area contributed by atoms with Crippen molar-refractivity contribution in [3.05, 3.63) is 66.0 Å². The maximum Gasteiger partial charge on any atom is 0.239 e. The number of aromatic nitrogens is 2. The van der Waals surface area contributed by atoms with E-state index in [0.717, 1.165) is 23.1 Å². The Balaban J connectivity index is 1.60. The number of amides is 1. The Labute approximate surface area is 146 Å². The number of para-hydroxylation sites is 2.